The van der Waals surface area contributed by atoms with E-state index in [0.717, 1.165) is 12.1 Å². The van der Waals surface area contributed by atoms with Crippen molar-refractivity contribution in [1.82, 2.24) is 0 Å². The van der Waals surface area contributed by atoms with Gasteiger partial charge in [0.05, 0.1) is 23.8 Å². The quantitative estimate of drug-likeness (QED) is 0.284. The van der Waals surface area contributed by atoms with Gasteiger partial charge in [-0.25, -0.2) is 0 Å². The molecule has 0 bridgehead atoms. The molecule has 1 amide bonds. The number of amides is 1. The zero-order chi connectivity index (χ0) is 18.4. The van der Waals surface area contributed by atoms with Gasteiger partial charge < -0.3 is 15.2 Å². The average molecular weight is 339 g/mol. The van der Waals surface area contributed by atoms with Gasteiger partial charge in [0.15, 0.2) is 0 Å². The first-order valence-corrected chi connectivity index (χ1v) is 7.00. The van der Waals surface area contributed by atoms with Crippen LogP contribution in [0.25, 0.3) is 6.08 Å². The van der Waals surface area contributed by atoms with Crippen LogP contribution in [-0.2, 0) is 4.79 Å². The van der Waals surface area contributed by atoms with Crippen LogP contribution in [0.3, 0.4) is 0 Å². The third kappa shape index (κ3) is 4.11. The zero-order valence-corrected chi connectivity index (χ0v) is 13.1. The first kappa shape index (κ1) is 17.5. The van der Waals surface area contributed by atoms with Crippen LogP contribution < -0.4 is 10.1 Å². The zero-order valence-electron chi connectivity index (χ0n) is 13.1. The van der Waals surface area contributed by atoms with E-state index in [9.17, 15) is 25.3 Å². The van der Waals surface area contributed by atoms with Crippen LogP contribution >= 0.6 is 0 Å². The minimum absolute atomic E-state index is 0.0447. The number of rotatable bonds is 5. The number of phenols is 1. The van der Waals surface area contributed by atoms with Gasteiger partial charge in [0.1, 0.15) is 23.1 Å². The molecule has 8 heteroatoms. The molecule has 2 N–H and O–H groups in total. The van der Waals surface area contributed by atoms with Gasteiger partial charge in [-0.15, -0.1) is 0 Å². The van der Waals surface area contributed by atoms with Crippen molar-refractivity contribution in [1.29, 1.82) is 5.26 Å². The van der Waals surface area contributed by atoms with Crippen molar-refractivity contribution in [2.24, 2.45) is 0 Å². The summed E-state index contributed by atoms with van der Waals surface area (Å²) in [5.41, 5.74) is -0.0516. The monoisotopic (exact) mass is 339 g/mol. The lowest BCUT2D eigenvalue weighted by atomic mass is 10.1. The van der Waals surface area contributed by atoms with Crippen molar-refractivity contribution in [2.75, 3.05) is 12.4 Å². The number of nitro benzene ring substituents is 1. The third-order valence-electron chi connectivity index (χ3n) is 3.24. The van der Waals surface area contributed by atoms with E-state index in [4.69, 9.17) is 4.74 Å². The van der Waals surface area contributed by atoms with Gasteiger partial charge in [-0.05, 0) is 18.2 Å². The average Bonchev–Trinajstić information content (AvgIpc) is 2.61. The molecule has 126 valence electrons. The highest BCUT2D eigenvalue weighted by molar-refractivity contribution is 6.10. The van der Waals surface area contributed by atoms with Gasteiger partial charge in [0.25, 0.3) is 11.6 Å². The minimum atomic E-state index is -0.766. The SMILES string of the molecule is COc1ccccc1/C=C(/C#N)C(=O)Nc1ccc([N+](=O)[O-])cc1O. The normalized spacial score (nSPS) is 10.6. The van der Waals surface area contributed by atoms with E-state index in [0.29, 0.717) is 11.3 Å². The Kier molecular flexibility index (Phi) is 5.32. The van der Waals surface area contributed by atoms with Crippen molar-refractivity contribution < 1.29 is 19.6 Å². The van der Waals surface area contributed by atoms with Gasteiger partial charge in [0, 0.05) is 11.6 Å². The lowest BCUT2D eigenvalue weighted by molar-refractivity contribution is -0.384. The van der Waals surface area contributed by atoms with Crippen LogP contribution in [0.2, 0.25) is 0 Å². The second kappa shape index (κ2) is 7.61. The maximum Gasteiger partial charge on any atom is 0.273 e. The van der Waals surface area contributed by atoms with Gasteiger partial charge in [-0.3, -0.25) is 14.9 Å². The molecule has 0 aliphatic rings. The molecule has 0 aliphatic heterocycles. The number of carbonyl (C=O) groups is 1. The van der Waals surface area contributed by atoms with Crippen molar-refractivity contribution >= 4 is 23.4 Å². The number of ether oxygens (including phenoxy) is 1. The van der Waals surface area contributed by atoms with Gasteiger partial charge in [-0.2, -0.15) is 5.26 Å². The molecule has 0 atom stereocenters. The molecule has 0 unspecified atom stereocenters. The molecule has 2 aromatic rings. The lowest BCUT2D eigenvalue weighted by Gasteiger charge is -2.07. The number of methoxy groups -OCH3 is 1. The number of benzene rings is 2. The van der Waals surface area contributed by atoms with Crippen LogP contribution in [0.1, 0.15) is 5.56 Å². The number of nitrogens with zero attached hydrogens (tertiary/aromatic N) is 2. The number of para-hydroxylation sites is 1. The maximum absolute atomic E-state index is 12.2. The number of aromatic hydroxyl groups is 1. The molecule has 0 aliphatic carbocycles. The highest BCUT2D eigenvalue weighted by Crippen LogP contribution is 2.28. The summed E-state index contributed by atoms with van der Waals surface area (Å²) in [7, 11) is 1.47. The molecule has 2 rings (SSSR count). The first-order chi connectivity index (χ1) is 12.0. The number of non-ortho nitro benzene ring substituents is 1. The van der Waals surface area contributed by atoms with Crippen LogP contribution in [0.5, 0.6) is 11.5 Å². The van der Waals surface area contributed by atoms with Crippen molar-refractivity contribution in [3.05, 3.63) is 63.7 Å². The number of hydrogen-bond donors (Lipinski definition) is 2. The second-order valence-electron chi connectivity index (χ2n) is 4.82. The Morgan fingerprint density at radius 1 is 1.36 bits per heavy atom. The van der Waals surface area contributed by atoms with E-state index < -0.39 is 16.6 Å². The van der Waals surface area contributed by atoms with E-state index in [1.807, 2.05) is 0 Å². The summed E-state index contributed by atoms with van der Waals surface area (Å²) in [5, 5.41) is 32.0. The molecule has 0 heterocycles. The Morgan fingerprint density at radius 2 is 2.08 bits per heavy atom. The predicted octanol–water partition coefficient (Wildman–Crippen LogP) is 2.85. The Labute approximate surface area is 142 Å². The van der Waals surface area contributed by atoms with Gasteiger partial charge in [-0.1, -0.05) is 18.2 Å². The highest BCUT2D eigenvalue weighted by atomic mass is 16.6. The summed E-state index contributed by atoms with van der Waals surface area (Å²) in [6.07, 6.45) is 1.34. The summed E-state index contributed by atoms with van der Waals surface area (Å²) >= 11 is 0. The standard InChI is InChI=1S/C17H13N3O5/c1-25-16-5-3-2-4-11(16)8-12(10-18)17(22)19-14-7-6-13(20(23)24)9-15(14)21/h2-9,21H,1H3,(H,19,22)/b12-8-. The Morgan fingerprint density at radius 3 is 2.68 bits per heavy atom. The van der Waals surface area contributed by atoms with E-state index >= 15 is 0 Å². The lowest BCUT2D eigenvalue weighted by Crippen LogP contribution is -2.13. The number of nitriles is 1. The fourth-order valence-electron chi connectivity index (χ4n) is 2.02. The number of nitro groups is 1. The highest BCUT2D eigenvalue weighted by Gasteiger charge is 2.15. The van der Waals surface area contributed by atoms with Crippen molar-refractivity contribution in [2.45, 2.75) is 0 Å². The fraction of sp³-hybridized carbons (Fsp3) is 0.0588. The molecule has 0 radical (unpaired) electrons. The van der Waals surface area contributed by atoms with Crippen molar-refractivity contribution in [3.63, 3.8) is 0 Å². The molecule has 0 saturated carbocycles. The van der Waals surface area contributed by atoms with E-state index in [2.05, 4.69) is 5.32 Å². The molecular weight excluding hydrogens is 326 g/mol. The van der Waals surface area contributed by atoms with Gasteiger partial charge >= 0.3 is 0 Å². The second-order valence-corrected chi connectivity index (χ2v) is 4.82. The van der Waals surface area contributed by atoms with Gasteiger partial charge in [0.2, 0.25) is 0 Å². The molecule has 0 spiro atoms. The molecule has 0 fully saturated rings. The summed E-state index contributed by atoms with van der Waals surface area (Å²) in [5.74, 6) is -0.754. The Hall–Kier alpha value is -3.86. The smallest absolute Gasteiger partial charge is 0.273 e. The molecular formula is C17H13N3O5. The molecule has 0 saturated heterocycles. The van der Waals surface area contributed by atoms with Crippen LogP contribution in [0.4, 0.5) is 11.4 Å². The summed E-state index contributed by atoms with van der Waals surface area (Å²) in [4.78, 5) is 22.2. The summed E-state index contributed by atoms with van der Waals surface area (Å²) < 4.78 is 5.15. The number of nitrogens with one attached hydrogen (secondary N) is 1. The summed E-state index contributed by atoms with van der Waals surface area (Å²) in [6.45, 7) is 0. The van der Waals surface area contributed by atoms with E-state index in [1.165, 1.54) is 19.3 Å². The fourth-order valence-corrected chi connectivity index (χ4v) is 2.02. The molecule has 2 aromatic carbocycles. The molecule has 8 nitrogen and oxygen atoms in total. The number of phenolic OH excluding ortho intramolecular Hbond substituents is 1. The van der Waals surface area contributed by atoms with Crippen LogP contribution in [0.15, 0.2) is 48.0 Å². The number of anilines is 1. The molecule has 0 aromatic heterocycles. The topological polar surface area (TPSA) is 125 Å². The minimum Gasteiger partial charge on any atom is -0.506 e. The van der Waals surface area contributed by atoms with E-state index in [1.54, 1.807) is 30.3 Å². The number of hydrogen-bond acceptors (Lipinski definition) is 6. The van der Waals surface area contributed by atoms with Crippen LogP contribution in [0, 0.1) is 21.4 Å². The third-order valence-corrected chi connectivity index (χ3v) is 3.24. The molecule has 25 heavy (non-hydrogen) atoms. The predicted molar refractivity (Wildman–Crippen MR) is 90.0 cm³/mol. The maximum atomic E-state index is 12.2. The Balaban J connectivity index is 2.28. The Bertz CT molecular complexity index is 899. The van der Waals surface area contributed by atoms with Crippen LogP contribution in [-0.4, -0.2) is 23.0 Å². The summed E-state index contributed by atoms with van der Waals surface area (Å²) in [6, 6.07) is 11.8. The largest absolute Gasteiger partial charge is 0.506 e. The van der Waals surface area contributed by atoms with Crippen molar-refractivity contribution in [3.8, 4) is 17.6 Å². The first-order valence-electron chi connectivity index (χ1n) is 7.00. The number of carbonyl (C=O) groups excluding carboxylic acids is 1. The van der Waals surface area contributed by atoms with E-state index in [-0.39, 0.29) is 16.9 Å².